The summed E-state index contributed by atoms with van der Waals surface area (Å²) in [6.45, 7) is 4.27. The normalized spacial score (nSPS) is 12.9. The molecule has 3 N–H and O–H groups in total. The number of methoxy groups -OCH3 is 1. The number of benzene rings is 1. The Bertz CT molecular complexity index is 323. The van der Waals surface area contributed by atoms with Crippen molar-refractivity contribution >= 4 is 0 Å². The van der Waals surface area contributed by atoms with Crippen molar-refractivity contribution < 1.29 is 9.84 Å². The maximum Gasteiger partial charge on any atom is 0.160 e. The van der Waals surface area contributed by atoms with Gasteiger partial charge in [0, 0.05) is 6.04 Å². The summed E-state index contributed by atoms with van der Waals surface area (Å²) < 4.78 is 5.04. The molecule has 0 bridgehead atoms. The van der Waals surface area contributed by atoms with Gasteiger partial charge in [-0.05, 0) is 30.0 Å². The molecule has 0 saturated carbocycles. The highest BCUT2D eigenvalue weighted by atomic mass is 16.5. The summed E-state index contributed by atoms with van der Waals surface area (Å²) in [6.07, 6.45) is 0.925. The second-order valence-electron chi connectivity index (χ2n) is 4.17. The molecule has 3 nitrogen and oxygen atoms in total. The smallest absolute Gasteiger partial charge is 0.160 e. The van der Waals surface area contributed by atoms with Crippen molar-refractivity contribution in [3.63, 3.8) is 0 Å². The molecule has 3 heteroatoms. The predicted molar refractivity (Wildman–Crippen MR) is 61.0 cm³/mol. The van der Waals surface area contributed by atoms with Crippen molar-refractivity contribution in [3.05, 3.63) is 23.8 Å². The molecule has 0 amide bonds. The van der Waals surface area contributed by atoms with Crippen molar-refractivity contribution in [2.24, 2.45) is 11.7 Å². The molecule has 0 saturated heterocycles. The van der Waals surface area contributed by atoms with Crippen LogP contribution in [0.1, 0.15) is 31.9 Å². The van der Waals surface area contributed by atoms with Crippen LogP contribution in [0.25, 0.3) is 0 Å². The van der Waals surface area contributed by atoms with E-state index in [1.807, 2.05) is 6.07 Å². The molecule has 0 fully saturated rings. The lowest BCUT2D eigenvalue weighted by Gasteiger charge is -2.15. The molecule has 0 aliphatic heterocycles. The molecule has 84 valence electrons. The highest BCUT2D eigenvalue weighted by Crippen LogP contribution is 2.29. The van der Waals surface area contributed by atoms with Crippen LogP contribution >= 0.6 is 0 Å². The SMILES string of the molecule is COc1cc([C@H](N)CC(C)C)ccc1O. The maximum atomic E-state index is 9.43. The fraction of sp³-hybridized carbons (Fsp3) is 0.500. The Hall–Kier alpha value is -1.22. The van der Waals surface area contributed by atoms with Gasteiger partial charge in [-0.3, -0.25) is 0 Å². The molecule has 1 rings (SSSR count). The van der Waals surface area contributed by atoms with Crippen LogP contribution in [0.15, 0.2) is 18.2 Å². The predicted octanol–water partition coefficient (Wildman–Crippen LogP) is 2.45. The number of ether oxygens (including phenoxy) is 1. The van der Waals surface area contributed by atoms with Crippen molar-refractivity contribution in [2.75, 3.05) is 7.11 Å². The first-order valence-corrected chi connectivity index (χ1v) is 5.17. The van der Waals surface area contributed by atoms with E-state index in [0.717, 1.165) is 12.0 Å². The van der Waals surface area contributed by atoms with Crippen molar-refractivity contribution in [1.82, 2.24) is 0 Å². The first kappa shape index (κ1) is 11.9. The largest absolute Gasteiger partial charge is 0.504 e. The van der Waals surface area contributed by atoms with Crippen molar-refractivity contribution in [2.45, 2.75) is 26.3 Å². The van der Waals surface area contributed by atoms with E-state index in [2.05, 4.69) is 13.8 Å². The first-order chi connectivity index (χ1) is 7.04. The van der Waals surface area contributed by atoms with Gasteiger partial charge in [-0.2, -0.15) is 0 Å². The summed E-state index contributed by atoms with van der Waals surface area (Å²) in [5.41, 5.74) is 7.03. The van der Waals surface area contributed by atoms with Crippen LogP contribution in [0.2, 0.25) is 0 Å². The Kier molecular flexibility index (Phi) is 3.97. The minimum absolute atomic E-state index is 0.000463. The number of rotatable bonds is 4. The molecule has 0 radical (unpaired) electrons. The Morgan fingerprint density at radius 2 is 2.07 bits per heavy atom. The highest BCUT2D eigenvalue weighted by molar-refractivity contribution is 5.42. The van der Waals surface area contributed by atoms with Gasteiger partial charge in [0.25, 0.3) is 0 Å². The fourth-order valence-corrected chi connectivity index (χ4v) is 1.57. The molecular formula is C12H19NO2. The molecule has 0 aromatic heterocycles. The molecule has 1 aromatic carbocycles. The summed E-state index contributed by atoms with van der Waals surface area (Å²) in [4.78, 5) is 0. The van der Waals surface area contributed by atoms with Gasteiger partial charge in [0.2, 0.25) is 0 Å². The molecule has 0 spiro atoms. The second-order valence-corrected chi connectivity index (χ2v) is 4.17. The summed E-state index contributed by atoms with van der Waals surface area (Å²) in [7, 11) is 1.53. The quantitative estimate of drug-likeness (QED) is 0.800. The van der Waals surface area contributed by atoms with E-state index in [9.17, 15) is 5.11 Å². The van der Waals surface area contributed by atoms with Crippen molar-refractivity contribution in [1.29, 1.82) is 0 Å². The lowest BCUT2D eigenvalue weighted by molar-refractivity contribution is 0.372. The van der Waals surface area contributed by atoms with E-state index in [1.165, 1.54) is 7.11 Å². The molecule has 0 unspecified atom stereocenters. The van der Waals surface area contributed by atoms with Gasteiger partial charge in [0.15, 0.2) is 11.5 Å². The fourth-order valence-electron chi connectivity index (χ4n) is 1.57. The standard InChI is InChI=1S/C12H19NO2/c1-8(2)6-10(13)9-4-5-11(14)12(7-9)15-3/h4-5,7-8,10,14H,6,13H2,1-3H3/t10-/m1/s1. The third-order valence-electron chi connectivity index (χ3n) is 2.36. The Morgan fingerprint density at radius 1 is 1.40 bits per heavy atom. The number of hydrogen-bond donors (Lipinski definition) is 2. The number of hydrogen-bond acceptors (Lipinski definition) is 3. The summed E-state index contributed by atoms with van der Waals surface area (Å²) in [5, 5.41) is 9.43. The van der Waals surface area contributed by atoms with E-state index in [1.54, 1.807) is 12.1 Å². The van der Waals surface area contributed by atoms with Crippen LogP contribution in [0.3, 0.4) is 0 Å². The lowest BCUT2D eigenvalue weighted by atomic mass is 9.97. The maximum absolute atomic E-state index is 9.43. The Balaban J connectivity index is 2.85. The van der Waals surface area contributed by atoms with E-state index in [0.29, 0.717) is 11.7 Å². The topological polar surface area (TPSA) is 55.5 Å². The van der Waals surface area contributed by atoms with Gasteiger partial charge in [-0.15, -0.1) is 0 Å². The van der Waals surface area contributed by atoms with Crippen LogP contribution in [-0.2, 0) is 0 Å². The Labute approximate surface area is 90.9 Å². The van der Waals surface area contributed by atoms with Crippen LogP contribution < -0.4 is 10.5 Å². The Morgan fingerprint density at radius 3 is 2.60 bits per heavy atom. The van der Waals surface area contributed by atoms with Crippen LogP contribution in [0.4, 0.5) is 0 Å². The van der Waals surface area contributed by atoms with Gasteiger partial charge in [0.05, 0.1) is 7.11 Å². The minimum atomic E-state index is -0.000463. The summed E-state index contributed by atoms with van der Waals surface area (Å²) in [5.74, 6) is 1.18. The summed E-state index contributed by atoms with van der Waals surface area (Å²) >= 11 is 0. The summed E-state index contributed by atoms with van der Waals surface area (Å²) in [6, 6.07) is 5.25. The zero-order valence-corrected chi connectivity index (χ0v) is 9.53. The molecular weight excluding hydrogens is 190 g/mol. The number of phenolic OH excluding ortho intramolecular Hbond substituents is 1. The zero-order valence-electron chi connectivity index (χ0n) is 9.53. The van der Waals surface area contributed by atoms with Gasteiger partial charge in [0.1, 0.15) is 0 Å². The van der Waals surface area contributed by atoms with Crippen LogP contribution in [-0.4, -0.2) is 12.2 Å². The first-order valence-electron chi connectivity index (χ1n) is 5.17. The van der Waals surface area contributed by atoms with Crippen LogP contribution in [0.5, 0.6) is 11.5 Å². The second kappa shape index (κ2) is 5.03. The molecule has 0 aliphatic rings. The third-order valence-corrected chi connectivity index (χ3v) is 2.36. The monoisotopic (exact) mass is 209 g/mol. The number of nitrogens with two attached hydrogens (primary N) is 1. The molecule has 0 heterocycles. The van der Waals surface area contributed by atoms with Gasteiger partial charge >= 0.3 is 0 Å². The van der Waals surface area contributed by atoms with Crippen LogP contribution in [0, 0.1) is 5.92 Å². The lowest BCUT2D eigenvalue weighted by Crippen LogP contribution is -2.12. The van der Waals surface area contributed by atoms with Gasteiger partial charge in [-0.25, -0.2) is 0 Å². The van der Waals surface area contributed by atoms with E-state index < -0.39 is 0 Å². The molecule has 1 atom stereocenters. The minimum Gasteiger partial charge on any atom is -0.504 e. The molecule has 1 aromatic rings. The third kappa shape index (κ3) is 3.13. The molecule has 15 heavy (non-hydrogen) atoms. The van der Waals surface area contributed by atoms with E-state index in [4.69, 9.17) is 10.5 Å². The van der Waals surface area contributed by atoms with Gasteiger partial charge < -0.3 is 15.6 Å². The zero-order chi connectivity index (χ0) is 11.4. The highest BCUT2D eigenvalue weighted by Gasteiger charge is 2.10. The van der Waals surface area contributed by atoms with Crippen molar-refractivity contribution in [3.8, 4) is 11.5 Å². The van der Waals surface area contributed by atoms with E-state index >= 15 is 0 Å². The number of aromatic hydroxyl groups is 1. The van der Waals surface area contributed by atoms with E-state index in [-0.39, 0.29) is 11.8 Å². The molecule has 0 aliphatic carbocycles. The average Bonchev–Trinajstić information content (AvgIpc) is 2.17. The average molecular weight is 209 g/mol. The van der Waals surface area contributed by atoms with Gasteiger partial charge in [-0.1, -0.05) is 19.9 Å². The number of phenols is 1.